The highest BCUT2D eigenvalue weighted by Crippen LogP contribution is 2.23. The quantitative estimate of drug-likeness (QED) is 0.682. The lowest BCUT2D eigenvalue weighted by atomic mass is 10.1. The van der Waals surface area contributed by atoms with Gasteiger partial charge in [-0.25, -0.2) is 4.68 Å². The molecule has 1 aromatic heterocycles. The minimum absolute atomic E-state index is 0.0691. The number of nitrogens with one attached hydrogen (secondary N) is 2. The standard InChI is InChI=1S/C20H20N4OS/c1-26-16-9-7-14(8-10-16)12-21-19-13-22-20(25)18-11-17(23-24(18)19)15-5-3-2-4-6-15/h2-11,19,21H,12-13H2,1H3,(H,22,25)/t19-/m0/s1. The van der Waals surface area contributed by atoms with Crippen molar-refractivity contribution in [3.05, 3.63) is 71.9 Å². The Balaban J connectivity index is 1.54. The third-order valence-corrected chi connectivity index (χ3v) is 5.23. The average molecular weight is 364 g/mol. The molecule has 0 aliphatic carbocycles. The molecule has 0 spiro atoms. The van der Waals surface area contributed by atoms with Crippen LogP contribution >= 0.6 is 11.8 Å². The lowest BCUT2D eigenvalue weighted by Gasteiger charge is -2.25. The van der Waals surface area contributed by atoms with Crippen LogP contribution in [-0.4, -0.2) is 28.5 Å². The summed E-state index contributed by atoms with van der Waals surface area (Å²) in [5.74, 6) is -0.0814. The first kappa shape index (κ1) is 16.9. The summed E-state index contributed by atoms with van der Waals surface area (Å²) in [5.41, 5.74) is 3.62. The normalized spacial score (nSPS) is 16.2. The Morgan fingerprint density at radius 3 is 2.69 bits per heavy atom. The molecule has 1 aliphatic rings. The number of carbonyl (C=O) groups excluding carboxylic acids is 1. The van der Waals surface area contributed by atoms with E-state index in [1.165, 1.54) is 10.5 Å². The fourth-order valence-electron chi connectivity index (χ4n) is 3.06. The van der Waals surface area contributed by atoms with Crippen LogP contribution in [0.1, 0.15) is 22.2 Å². The minimum atomic E-state index is -0.0814. The number of nitrogens with zero attached hydrogens (tertiary/aromatic N) is 2. The molecule has 4 rings (SSSR count). The van der Waals surface area contributed by atoms with Crippen molar-refractivity contribution in [2.75, 3.05) is 12.8 Å². The van der Waals surface area contributed by atoms with Crippen molar-refractivity contribution in [2.24, 2.45) is 0 Å². The zero-order valence-electron chi connectivity index (χ0n) is 14.5. The van der Waals surface area contributed by atoms with Gasteiger partial charge in [-0.2, -0.15) is 5.10 Å². The van der Waals surface area contributed by atoms with Crippen LogP contribution in [0.4, 0.5) is 0 Å². The Kier molecular flexibility index (Phi) is 4.77. The smallest absolute Gasteiger partial charge is 0.269 e. The summed E-state index contributed by atoms with van der Waals surface area (Å²) in [7, 11) is 0. The molecule has 132 valence electrons. The lowest BCUT2D eigenvalue weighted by molar-refractivity contribution is 0.0900. The first-order chi connectivity index (χ1) is 12.7. The molecule has 0 radical (unpaired) electrons. The molecule has 1 aliphatic heterocycles. The average Bonchev–Trinajstić information content (AvgIpc) is 3.15. The number of rotatable bonds is 5. The number of carbonyl (C=O) groups is 1. The molecule has 0 fully saturated rings. The third kappa shape index (κ3) is 3.38. The largest absolute Gasteiger partial charge is 0.347 e. The SMILES string of the molecule is CSc1ccc(CN[C@@H]2CNC(=O)c3cc(-c4ccccc4)nn32)cc1. The number of hydrogen-bond acceptors (Lipinski definition) is 4. The molecule has 3 aromatic rings. The Bertz CT molecular complexity index is 905. The van der Waals surface area contributed by atoms with E-state index in [0.29, 0.717) is 12.2 Å². The zero-order chi connectivity index (χ0) is 17.9. The van der Waals surface area contributed by atoms with Gasteiger partial charge in [0.2, 0.25) is 0 Å². The number of hydrogen-bond donors (Lipinski definition) is 2. The topological polar surface area (TPSA) is 58.9 Å². The second kappa shape index (κ2) is 7.35. The van der Waals surface area contributed by atoms with Gasteiger partial charge in [0.25, 0.3) is 5.91 Å². The monoisotopic (exact) mass is 364 g/mol. The number of aromatic nitrogens is 2. The highest BCUT2D eigenvalue weighted by atomic mass is 32.2. The summed E-state index contributed by atoms with van der Waals surface area (Å²) in [6, 6.07) is 20.3. The predicted octanol–water partition coefficient (Wildman–Crippen LogP) is 3.30. The summed E-state index contributed by atoms with van der Waals surface area (Å²) in [6.07, 6.45) is 2.00. The van der Waals surface area contributed by atoms with Crippen LogP contribution in [0, 0.1) is 0 Å². The lowest BCUT2D eigenvalue weighted by Crippen LogP contribution is -2.45. The first-order valence-electron chi connectivity index (χ1n) is 8.54. The Morgan fingerprint density at radius 2 is 1.96 bits per heavy atom. The van der Waals surface area contributed by atoms with E-state index in [0.717, 1.165) is 17.8 Å². The summed E-state index contributed by atoms with van der Waals surface area (Å²) in [4.78, 5) is 13.5. The molecule has 1 atom stereocenters. The number of benzene rings is 2. The molecule has 6 heteroatoms. The van der Waals surface area contributed by atoms with Crippen LogP contribution in [0.2, 0.25) is 0 Å². The Hall–Kier alpha value is -2.57. The maximum absolute atomic E-state index is 12.2. The van der Waals surface area contributed by atoms with E-state index in [2.05, 4.69) is 46.3 Å². The molecule has 2 N–H and O–H groups in total. The fourth-order valence-corrected chi connectivity index (χ4v) is 3.46. The van der Waals surface area contributed by atoms with E-state index in [9.17, 15) is 4.79 Å². The van der Waals surface area contributed by atoms with Crippen molar-refractivity contribution in [2.45, 2.75) is 17.6 Å². The second-order valence-corrected chi connectivity index (χ2v) is 7.06. The Labute approximate surface area is 156 Å². The van der Waals surface area contributed by atoms with Crippen LogP contribution in [-0.2, 0) is 6.54 Å². The van der Waals surface area contributed by atoms with E-state index in [-0.39, 0.29) is 12.1 Å². The molecule has 0 unspecified atom stereocenters. The Morgan fingerprint density at radius 1 is 1.19 bits per heavy atom. The van der Waals surface area contributed by atoms with E-state index >= 15 is 0 Å². The molecule has 1 amide bonds. The van der Waals surface area contributed by atoms with Crippen LogP contribution in [0.3, 0.4) is 0 Å². The van der Waals surface area contributed by atoms with Gasteiger partial charge in [-0.05, 0) is 30.0 Å². The van der Waals surface area contributed by atoms with Crippen molar-refractivity contribution < 1.29 is 4.79 Å². The van der Waals surface area contributed by atoms with Crippen molar-refractivity contribution in [3.8, 4) is 11.3 Å². The van der Waals surface area contributed by atoms with E-state index in [4.69, 9.17) is 0 Å². The van der Waals surface area contributed by atoms with Crippen LogP contribution in [0.25, 0.3) is 11.3 Å². The van der Waals surface area contributed by atoms with Gasteiger partial charge in [0, 0.05) is 17.0 Å². The molecule has 0 saturated heterocycles. The molecular weight excluding hydrogens is 344 g/mol. The molecule has 0 bridgehead atoms. The molecular formula is C20H20N4OS. The summed E-state index contributed by atoms with van der Waals surface area (Å²) < 4.78 is 1.80. The number of fused-ring (bicyclic) bond motifs is 1. The molecule has 26 heavy (non-hydrogen) atoms. The van der Waals surface area contributed by atoms with Crippen molar-refractivity contribution in [1.82, 2.24) is 20.4 Å². The van der Waals surface area contributed by atoms with Gasteiger partial charge < -0.3 is 5.32 Å². The summed E-state index contributed by atoms with van der Waals surface area (Å²) in [6.45, 7) is 1.24. The van der Waals surface area contributed by atoms with Gasteiger partial charge in [-0.15, -0.1) is 11.8 Å². The highest BCUT2D eigenvalue weighted by molar-refractivity contribution is 7.98. The van der Waals surface area contributed by atoms with E-state index in [1.54, 1.807) is 16.4 Å². The van der Waals surface area contributed by atoms with Gasteiger partial charge in [0.1, 0.15) is 11.9 Å². The van der Waals surface area contributed by atoms with Crippen LogP contribution < -0.4 is 10.6 Å². The maximum Gasteiger partial charge on any atom is 0.269 e. The fraction of sp³-hybridized carbons (Fsp3) is 0.200. The van der Waals surface area contributed by atoms with Crippen molar-refractivity contribution >= 4 is 17.7 Å². The molecule has 0 saturated carbocycles. The van der Waals surface area contributed by atoms with Crippen molar-refractivity contribution in [1.29, 1.82) is 0 Å². The van der Waals surface area contributed by atoms with Gasteiger partial charge in [0.15, 0.2) is 0 Å². The van der Waals surface area contributed by atoms with Gasteiger partial charge in [-0.1, -0.05) is 42.5 Å². The zero-order valence-corrected chi connectivity index (χ0v) is 15.3. The summed E-state index contributed by atoms with van der Waals surface area (Å²) in [5, 5.41) is 11.1. The highest BCUT2D eigenvalue weighted by Gasteiger charge is 2.27. The van der Waals surface area contributed by atoms with Gasteiger partial charge >= 0.3 is 0 Å². The van der Waals surface area contributed by atoms with Crippen LogP contribution in [0.5, 0.6) is 0 Å². The minimum Gasteiger partial charge on any atom is -0.347 e. The first-order valence-corrected chi connectivity index (χ1v) is 9.76. The molecule has 5 nitrogen and oxygen atoms in total. The second-order valence-electron chi connectivity index (χ2n) is 6.18. The van der Waals surface area contributed by atoms with Gasteiger partial charge in [-0.3, -0.25) is 10.1 Å². The van der Waals surface area contributed by atoms with Crippen molar-refractivity contribution in [3.63, 3.8) is 0 Å². The summed E-state index contributed by atoms with van der Waals surface area (Å²) >= 11 is 1.73. The van der Waals surface area contributed by atoms with E-state index in [1.807, 2.05) is 36.4 Å². The van der Waals surface area contributed by atoms with E-state index < -0.39 is 0 Å². The van der Waals surface area contributed by atoms with Crippen LogP contribution in [0.15, 0.2) is 65.6 Å². The van der Waals surface area contributed by atoms with Gasteiger partial charge in [0.05, 0.1) is 12.2 Å². The third-order valence-electron chi connectivity index (χ3n) is 4.49. The molecule has 2 heterocycles. The number of thioether (sulfide) groups is 1. The number of amides is 1. The predicted molar refractivity (Wildman–Crippen MR) is 104 cm³/mol. The molecule has 2 aromatic carbocycles. The maximum atomic E-state index is 12.2.